The molecular weight excluding hydrogens is 446 g/mol. The predicted molar refractivity (Wildman–Crippen MR) is 125 cm³/mol. The lowest BCUT2D eigenvalue weighted by atomic mass is 10.2. The van der Waals surface area contributed by atoms with E-state index in [1.54, 1.807) is 38.1 Å². The van der Waals surface area contributed by atoms with E-state index in [0.717, 1.165) is 4.68 Å². The summed E-state index contributed by atoms with van der Waals surface area (Å²) in [5, 5.41) is 10.8. The molecule has 0 aliphatic heterocycles. The van der Waals surface area contributed by atoms with Crippen LogP contribution in [0.4, 0.5) is 5.69 Å². The van der Waals surface area contributed by atoms with Crippen LogP contribution in [0.2, 0.25) is 0 Å². The lowest BCUT2D eigenvalue weighted by molar-refractivity contribution is -0.117. The van der Waals surface area contributed by atoms with Gasteiger partial charge in [0.15, 0.2) is 0 Å². The Bertz CT molecular complexity index is 1320. The molecule has 1 heterocycles. The maximum Gasteiger partial charge on any atom is 0.278 e. The Labute approximate surface area is 192 Å². The van der Waals surface area contributed by atoms with E-state index in [0.29, 0.717) is 29.7 Å². The summed E-state index contributed by atoms with van der Waals surface area (Å²) in [4.78, 5) is 25.4. The quantitative estimate of drug-likeness (QED) is 0.505. The zero-order valence-electron chi connectivity index (χ0n) is 19.0. The molecule has 176 valence electrons. The number of nitrogens with one attached hydrogen (secondary N) is 1. The number of amides is 1. The highest BCUT2D eigenvalue weighted by atomic mass is 32.2. The van der Waals surface area contributed by atoms with E-state index in [9.17, 15) is 18.0 Å². The highest BCUT2D eigenvalue weighted by Crippen LogP contribution is 2.30. The van der Waals surface area contributed by atoms with Gasteiger partial charge < -0.3 is 10.1 Å². The number of sulfonamides is 1. The molecule has 0 unspecified atom stereocenters. The Morgan fingerprint density at radius 1 is 1.15 bits per heavy atom. The lowest BCUT2D eigenvalue weighted by Gasteiger charge is -2.20. The third-order valence-electron chi connectivity index (χ3n) is 4.85. The standard InChI is InChI=1S/C22H27N5O5S/c1-5-26(6-2)33(30,31)16-11-12-20(32-15(3)4)19(13-16)23-21(28)14-27-22(29)17-9-7-8-10-18(17)24-25-27/h7-13,15H,5-6,14H2,1-4H3,(H,23,28). The zero-order chi connectivity index (χ0) is 24.2. The van der Waals surface area contributed by atoms with Crippen LogP contribution in [0.15, 0.2) is 52.2 Å². The average molecular weight is 474 g/mol. The summed E-state index contributed by atoms with van der Waals surface area (Å²) < 4.78 is 33.9. The number of aromatic nitrogens is 3. The molecule has 1 N–H and O–H groups in total. The Morgan fingerprint density at radius 3 is 2.52 bits per heavy atom. The summed E-state index contributed by atoms with van der Waals surface area (Å²) in [7, 11) is -3.75. The molecule has 2 aromatic carbocycles. The van der Waals surface area contributed by atoms with Gasteiger partial charge in [0.2, 0.25) is 15.9 Å². The average Bonchev–Trinajstić information content (AvgIpc) is 2.77. The Morgan fingerprint density at radius 2 is 1.85 bits per heavy atom. The first-order valence-electron chi connectivity index (χ1n) is 10.6. The number of carbonyl (C=O) groups is 1. The Hall–Kier alpha value is -3.31. The first-order chi connectivity index (χ1) is 15.7. The Balaban J connectivity index is 1.93. The zero-order valence-corrected chi connectivity index (χ0v) is 19.8. The molecule has 0 bridgehead atoms. The molecule has 0 radical (unpaired) electrons. The van der Waals surface area contributed by atoms with Crippen molar-refractivity contribution >= 4 is 32.5 Å². The van der Waals surface area contributed by atoms with E-state index in [2.05, 4.69) is 15.6 Å². The molecule has 3 rings (SSSR count). The van der Waals surface area contributed by atoms with E-state index in [1.165, 1.54) is 22.5 Å². The Kier molecular flexibility index (Phi) is 7.44. The van der Waals surface area contributed by atoms with Crippen molar-refractivity contribution in [2.75, 3.05) is 18.4 Å². The van der Waals surface area contributed by atoms with Gasteiger partial charge in [0.25, 0.3) is 5.56 Å². The van der Waals surface area contributed by atoms with Gasteiger partial charge in [-0.1, -0.05) is 31.2 Å². The fourth-order valence-electron chi connectivity index (χ4n) is 3.29. The van der Waals surface area contributed by atoms with Crippen LogP contribution in [-0.4, -0.2) is 52.8 Å². The van der Waals surface area contributed by atoms with E-state index < -0.39 is 28.0 Å². The number of benzene rings is 2. The topological polar surface area (TPSA) is 123 Å². The third-order valence-corrected chi connectivity index (χ3v) is 6.90. The van der Waals surface area contributed by atoms with E-state index >= 15 is 0 Å². The highest BCUT2D eigenvalue weighted by Gasteiger charge is 2.24. The van der Waals surface area contributed by atoms with Crippen LogP contribution in [-0.2, 0) is 21.4 Å². The van der Waals surface area contributed by atoms with Crippen LogP contribution in [0, 0.1) is 0 Å². The smallest absolute Gasteiger partial charge is 0.278 e. The minimum Gasteiger partial charge on any atom is -0.489 e. The first kappa shape index (κ1) is 24.3. The number of ether oxygens (including phenoxy) is 1. The van der Waals surface area contributed by atoms with Crippen molar-refractivity contribution in [2.24, 2.45) is 0 Å². The second kappa shape index (κ2) is 10.1. The van der Waals surface area contributed by atoms with Crippen molar-refractivity contribution in [1.82, 2.24) is 19.3 Å². The van der Waals surface area contributed by atoms with Gasteiger partial charge in [-0.15, -0.1) is 5.10 Å². The van der Waals surface area contributed by atoms with Crippen molar-refractivity contribution < 1.29 is 17.9 Å². The summed E-state index contributed by atoms with van der Waals surface area (Å²) in [5.41, 5.74) is 0.164. The summed E-state index contributed by atoms with van der Waals surface area (Å²) in [5.74, 6) is -0.263. The molecule has 0 fully saturated rings. The van der Waals surface area contributed by atoms with Crippen molar-refractivity contribution in [1.29, 1.82) is 0 Å². The molecule has 11 heteroatoms. The molecule has 0 atom stereocenters. The highest BCUT2D eigenvalue weighted by molar-refractivity contribution is 7.89. The molecule has 3 aromatic rings. The predicted octanol–water partition coefficient (Wildman–Crippen LogP) is 2.25. The summed E-state index contributed by atoms with van der Waals surface area (Å²) in [6.45, 7) is 7.37. The molecule has 33 heavy (non-hydrogen) atoms. The molecule has 0 aliphatic carbocycles. The fraction of sp³-hybridized carbons (Fsp3) is 0.364. The van der Waals surface area contributed by atoms with E-state index in [4.69, 9.17) is 4.74 Å². The number of rotatable bonds is 9. The number of hydrogen-bond donors (Lipinski definition) is 1. The van der Waals surface area contributed by atoms with Crippen LogP contribution in [0.3, 0.4) is 0 Å². The number of fused-ring (bicyclic) bond motifs is 1. The number of nitrogens with zero attached hydrogens (tertiary/aromatic N) is 4. The van der Waals surface area contributed by atoms with Crippen LogP contribution in [0.5, 0.6) is 5.75 Å². The maximum atomic E-state index is 12.9. The molecule has 0 saturated carbocycles. The summed E-state index contributed by atoms with van der Waals surface area (Å²) in [6, 6.07) is 11.0. The van der Waals surface area contributed by atoms with Crippen molar-refractivity contribution in [2.45, 2.75) is 45.2 Å². The number of anilines is 1. The van der Waals surface area contributed by atoms with Crippen LogP contribution >= 0.6 is 0 Å². The third kappa shape index (κ3) is 5.37. The molecule has 1 amide bonds. The number of hydrogen-bond acceptors (Lipinski definition) is 7. The normalized spacial score (nSPS) is 11.8. The van der Waals surface area contributed by atoms with Crippen molar-refractivity contribution in [3.63, 3.8) is 0 Å². The first-order valence-corrected chi connectivity index (χ1v) is 12.0. The summed E-state index contributed by atoms with van der Waals surface area (Å²) in [6.07, 6.45) is -0.208. The monoisotopic (exact) mass is 473 g/mol. The van der Waals surface area contributed by atoms with Crippen molar-refractivity contribution in [3.05, 3.63) is 52.8 Å². The van der Waals surface area contributed by atoms with Gasteiger partial charge in [-0.25, -0.2) is 13.1 Å². The molecular formula is C22H27N5O5S. The SMILES string of the molecule is CCN(CC)S(=O)(=O)c1ccc(OC(C)C)c(NC(=O)Cn2nnc3ccccc3c2=O)c1. The lowest BCUT2D eigenvalue weighted by Crippen LogP contribution is -2.31. The van der Waals surface area contributed by atoms with Gasteiger partial charge in [-0.2, -0.15) is 4.31 Å². The minimum atomic E-state index is -3.75. The molecule has 0 aliphatic rings. The van der Waals surface area contributed by atoms with Gasteiger partial charge in [-0.3, -0.25) is 9.59 Å². The molecule has 0 spiro atoms. The van der Waals surface area contributed by atoms with E-state index in [1.807, 2.05) is 13.8 Å². The second-order valence-electron chi connectivity index (χ2n) is 7.53. The maximum absolute atomic E-state index is 12.9. The second-order valence-corrected chi connectivity index (χ2v) is 9.47. The van der Waals surface area contributed by atoms with Gasteiger partial charge in [0, 0.05) is 13.1 Å². The fourth-order valence-corrected chi connectivity index (χ4v) is 4.77. The van der Waals surface area contributed by atoms with Crippen molar-refractivity contribution in [3.8, 4) is 5.75 Å². The largest absolute Gasteiger partial charge is 0.489 e. The van der Waals surface area contributed by atoms with Gasteiger partial charge >= 0.3 is 0 Å². The molecule has 0 saturated heterocycles. The van der Waals surface area contributed by atoms with Gasteiger partial charge in [-0.05, 0) is 44.2 Å². The number of carbonyl (C=O) groups excluding carboxylic acids is 1. The summed E-state index contributed by atoms with van der Waals surface area (Å²) >= 11 is 0. The molecule has 1 aromatic heterocycles. The molecule has 10 nitrogen and oxygen atoms in total. The minimum absolute atomic E-state index is 0.0280. The van der Waals surface area contributed by atoms with Crippen LogP contribution in [0.25, 0.3) is 10.9 Å². The van der Waals surface area contributed by atoms with E-state index in [-0.39, 0.29) is 16.7 Å². The van der Waals surface area contributed by atoms with Crippen LogP contribution < -0.4 is 15.6 Å². The van der Waals surface area contributed by atoms with Gasteiger partial charge in [0.1, 0.15) is 17.8 Å². The van der Waals surface area contributed by atoms with Crippen LogP contribution in [0.1, 0.15) is 27.7 Å². The van der Waals surface area contributed by atoms with Gasteiger partial charge in [0.05, 0.1) is 22.1 Å².